The number of para-hydroxylation sites is 1. The summed E-state index contributed by atoms with van der Waals surface area (Å²) in [6, 6.07) is 10.5. The number of aromatic nitrogens is 1. The molecular weight excluding hydrogens is 374 g/mol. The number of aromatic hydroxyl groups is 1. The maximum atomic E-state index is 12.3. The number of halogens is 1. The van der Waals surface area contributed by atoms with E-state index < -0.39 is 5.91 Å². The number of fused-ring (bicyclic) bond motifs is 1. The zero-order valence-corrected chi connectivity index (χ0v) is 14.6. The third-order valence-electron chi connectivity index (χ3n) is 3.60. The van der Waals surface area contributed by atoms with Crippen molar-refractivity contribution in [3.05, 3.63) is 52.0 Å². The number of methoxy groups -OCH3 is 1. The number of aromatic amines is 1. The Hall–Kier alpha value is -2.67. The number of aryl methyl sites for hydroxylation is 1. The van der Waals surface area contributed by atoms with Gasteiger partial charge < -0.3 is 14.8 Å². The number of hydrogen-bond donors (Lipinski definition) is 2. The second-order valence-corrected chi connectivity index (χ2v) is 6.09. The van der Waals surface area contributed by atoms with Crippen molar-refractivity contribution in [2.24, 2.45) is 10.2 Å². The van der Waals surface area contributed by atoms with Gasteiger partial charge in [0.05, 0.1) is 18.2 Å². The Labute approximate surface area is 146 Å². The van der Waals surface area contributed by atoms with E-state index in [2.05, 4.69) is 31.1 Å². The fraction of sp³-hybridized carbons (Fsp3) is 0.118. The zero-order valence-electron chi connectivity index (χ0n) is 13.0. The van der Waals surface area contributed by atoms with Gasteiger partial charge in [0.15, 0.2) is 5.69 Å². The van der Waals surface area contributed by atoms with E-state index in [1.54, 1.807) is 30.3 Å². The lowest BCUT2D eigenvalue weighted by Gasteiger charge is -2.03. The van der Waals surface area contributed by atoms with E-state index in [4.69, 9.17) is 4.74 Å². The van der Waals surface area contributed by atoms with Gasteiger partial charge in [-0.25, -0.2) is 0 Å². The summed E-state index contributed by atoms with van der Waals surface area (Å²) in [4.78, 5) is 15.1. The van der Waals surface area contributed by atoms with E-state index in [1.807, 2.05) is 13.0 Å². The van der Waals surface area contributed by atoms with Crippen LogP contribution >= 0.6 is 15.9 Å². The highest BCUT2D eigenvalue weighted by atomic mass is 79.9. The molecule has 0 saturated carbocycles. The number of nitrogens with one attached hydrogen (secondary N) is 1. The molecule has 1 aromatic heterocycles. The van der Waals surface area contributed by atoms with E-state index in [0.717, 1.165) is 15.6 Å². The van der Waals surface area contributed by atoms with Crippen LogP contribution in [0.4, 0.5) is 5.69 Å². The summed E-state index contributed by atoms with van der Waals surface area (Å²) >= 11 is 3.41. The van der Waals surface area contributed by atoms with Gasteiger partial charge in [-0.05, 0) is 36.8 Å². The summed E-state index contributed by atoms with van der Waals surface area (Å²) in [5, 5.41) is 18.4. The van der Waals surface area contributed by atoms with Crippen molar-refractivity contribution in [3.63, 3.8) is 0 Å². The minimum Gasteiger partial charge on any atom is -0.496 e. The minimum atomic E-state index is -0.548. The predicted octanol–water partition coefficient (Wildman–Crippen LogP) is 4.88. The Balaban J connectivity index is 2.02. The van der Waals surface area contributed by atoms with Crippen LogP contribution in [0.15, 0.2) is 51.1 Å². The van der Waals surface area contributed by atoms with Crippen molar-refractivity contribution < 1.29 is 14.6 Å². The van der Waals surface area contributed by atoms with E-state index in [-0.39, 0.29) is 11.6 Å². The number of azo groups is 1. The molecule has 1 amide bonds. The number of hydrogen-bond acceptors (Lipinski definition) is 4. The fourth-order valence-corrected chi connectivity index (χ4v) is 3.05. The van der Waals surface area contributed by atoms with E-state index in [0.29, 0.717) is 16.7 Å². The molecule has 0 aliphatic heterocycles. The van der Waals surface area contributed by atoms with Crippen LogP contribution in [-0.2, 0) is 0 Å². The van der Waals surface area contributed by atoms with Crippen LogP contribution in [0.5, 0.6) is 11.6 Å². The van der Waals surface area contributed by atoms with Crippen molar-refractivity contribution in [1.82, 2.24) is 4.98 Å². The first-order valence-corrected chi connectivity index (χ1v) is 7.90. The molecule has 0 fully saturated rings. The molecular formula is C17H14BrN3O3. The van der Waals surface area contributed by atoms with Crippen molar-refractivity contribution in [2.45, 2.75) is 6.92 Å². The topological polar surface area (TPSA) is 87.0 Å². The molecule has 6 nitrogen and oxygen atoms in total. The standard InChI is InChI=1S/C17H14BrN3O3/c1-9-7-10(18)8-12-14(9)19-17(23)15(12)20-21-16(22)11-5-3-4-6-13(11)24-2/h3-8,19,23H,1-2H3. The highest BCUT2D eigenvalue weighted by Crippen LogP contribution is 2.38. The van der Waals surface area contributed by atoms with Crippen LogP contribution in [0.2, 0.25) is 0 Å². The third-order valence-corrected chi connectivity index (χ3v) is 4.06. The van der Waals surface area contributed by atoms with Crippen molar-refractivity contribution in [2.75, 3.05) is 7.11 Å². The summed E-state index contributed by atoms with van der Waals surface area (Å²) in [6.45, 7) is 1.91. The molecule has 122 valence electrons. The summed E-state index contributed by atoms with van der Waals surface area (Å²) in [7, 11) is 1.48. The Bertz CT molecular complexity index is 963. The molecule has 3 rings (SSSR count). The molecule has 0 radical (unpaired) electrons. The Morgan fingerprint density at radius 1 is 1.29 bits per heavy atom. The first-order chi connectivity index (χ1) is 11.5. The molecule has 0 atom stereocenters. The van der Waals surface area contributed by atoms with Gasteiger partial charge in [0.1, 0.15) is 5.75 Å². The lowest BCUT2D eigenvalue weighted by molar-refractivity contribution is 0.0992. The van der Waals surface area contributed by atoms with Crippen LogP contribution in [-0.4, -0.2) is 23.1 Å². The normalized spacial score (nSPS) is 11.3. The van der Waals surface area contributed by atoms with Gasteiger partial charge in [0.2, 0.25) is 5.88 Å². The number of carbonyl (C=O) groups excluding carboxylic acids is 1. The molecule has 0 unspecified atom stereocenters. The molecule has 0 bridgehead atoms. The average molecular weight is 388 g/mol. The maximum absolute atomic E-state index is 12.3. The van der Waals surface area contributed by atoms with Gasteiger partial charge in [-0.3, -0.25) is 4.79 Å². The summed E-state index contributed by atoms with van der Waals surface area (Å²) in [6.07, 6.45) is 0. The zero-order chi connectivity index (χ0) is 17.3. The van der Waals surface area contributed by atoms with Gasteiger partial charge in [0.25, 0.3) is 5.91 Å². The van der Waals surface area contributed by atoms with Gasteiger partial charge in [-0.1, -0.05) is 28.1 Å². The predicted molar refractivity (Wildman–Crippen MR) is 94.2 cm³/mol. The van der Waals surface area contributed by atoms with Gasteiger partial charge in [0, 0.05) is 9.86 Å². The van der Waals surface area contributed by atoms with E-state index in [9.17, 15) is 9.90 Å². The molecule has 0 saturated heterocycles. The minimum absolute atomic E-state index is 0.136. The summed E-state index contributed by atoms with van der Waals surface area (Å²) < 4.78 is 5.99. The first-order valence-electron chi connectivity index (χ1n) is 7.11. The molecule has 0 aliphatic rings. The molecule has 3 aromatic rings. The van der Waals surface area contributed by atoms with Crippen LogP contribution < -0.4 is 4.74 Å². The highest BCUT2D eigenvalue weighted by molar-refractivity contribution is 9.10. The SMILES string of the molecule is COc1ccccc1C(=O)N=Nc1c(O)[nH]c2c(C)cc(Br)cc12. The smallest absolute Gasteiger partial charge is 0.299 e. The quantitative estimate of drug-likeness (QED) is 0.627. The van der Waals surface area contributed by atoms with Crippen LogP contribution in [0.3, 0.4) is 0 Å². The van der Waals surface area contributed by atoms with Crippen LogP contribution in [0.1, 0.15) is 15.9 Å². The van der Waals surface area contributed by atoms with Crippen molar-refractivity contribution >= 4 is 38.4 Å². The monoisotopic (exact) mass is 387 g/mol. The fourth-order valence-electron chi connectivity index (χ4n) is 2.47. The van der Waals surface area contributed by atoms with Gasteiger partial charge in [-0.2, -0.15) is 0 Å². The van der Waals surface area contributed by atoms with Gasteiger partial charge >= 0.3 is 0 Å². The Morgan fingerprint density at radius 3 is 2.79 bits per heavy atom. The summed E-state index contributed by atoms with van der Waals surface area (Å²) in [5.74, 6) is -0.265. The average Bonchev–Trinajstić information content (AvgIpc) is 2.88. The number of benzene rings is 2. The molecule has 0 spiro atoms. The van der Waals surface area contributed by atoms with Crippen molar-refractivity contribution in [1.29, 1.82) is 0 Å². The van der Waals surface area contributed by atoms with Crippen LogP contribution in [0, 0.1) is 6.92 Å². The number of H-pyrrole nitrogens is 1. The molecule has 0 aliphatic carbocycles. The second kappa shape index (κ2) is 6.45. The maximum Gasteiger partial charge on any atom is 0.299 e. The first kappa shape index (κ1) is 16.2. The molecule has 2 aromatic carbocycles. The number of rotatable bonds is 3. The second-order valence-electron chi connectivity index (χ2n) is 5.17. The molecule has 7 heteroatoms. The summed E-state index contributed by atoms with van der Waals surface area (Å²) in [5.41, 5.74) is 2.21. The number of nitrogens with zero attached hydrogens (tertiary/aromatic N) is 2. The van der Waals surface area contributed by atoms with E-state index in [1.165, 1.54) is 7.11 Å². The Kier molecular flexibility index (Phi) is 4.35. The number of carbonyl (C=O) groups is 1. The van der Waals surface area contributed by atoms with Crippen molar-refractivity contribution in [3.8, 4) is 11.6 Å². The number of amides is 1. The van der Waals surface area contributed by atoms with E-state index >= 15 is 0 Å². The Morgan fingerprint density at radius 2 is 2.04 bits per heavy atom. The lowest BCUT2D eigenvalue weighted by atomic mass is 10.1. The van der Waals surface area contributed by atoms with Gasteiger partial charge in [-0.15, -0.1) is 10.2 Å². The molecule has 1 heterocycles. The third kappa shape index (κ3) is 2.90. The highest BCUT2D eigenvalue weighted by Gasteiger charge is 2.15. The molecule has 2 N–H and O–H groups in total. The molecule has 24 heavy (non-hydrogen) atoms. The largest absolute Gasteiger partial charge is 0.496 e. The lowest BCUT2D eigenvalue weighted by Crippen LogP contribution is -1.97. The number of ether oxygens (including phenoxy) is 1. The van der Waals surface area contributed by atoms with Crippen LogP contribution in [0.25, 0.3) is 10.9 Å².